The van der Waals surface area contributed by atoms with Crippen LogP contribution in [-0.4, -0.2) is 17.9 Å². The second-order valence-electron chi connectivity index (χ2n) is 4.54. The first-order valence-corrected chi connectivity index (χ1v) is 6.72. The van der Waals surface area contributed by atoms with E-state index in [2.05, 4.69) is 4.74 Å². The van der Waals surface area contributed by atoms with Crippen molar-refractivity contribution >= 4 is 28.9 Å². The van der Waals surface area contributed by atoms with E-state index in [1.54, 1.807) is 0 Å². The average molecular weight is 379 g/mol. The van der Waals surface area contributed by atoms with Gasteiger partial charge >= 0.3 is 0 Å². The lowest BCUT2D eigenvalue weighted by molar-refractivity contribution is -0.384. The second-order valence-corrected chi connectivity index (χ2v) is 4.95. The largest absolute Gasteiger partial charge is 0.491 e. The molecule has 6 nitrogen and oxygen atoms in total. The Kier molecular flexibility index (Phi) is 5.12. The van der Waals surface area contributed by atoms with Crippen LogP contribution in [0, 0.1) is 33.4 Å². The number of amides is 1. The number of benzene rings is 2. The Bertz CT molecular complexity index is 863. The quantitative estimate of drug-likeness (QED) is 0.376. The number of hydrogen-bond donors (Lipinski definition) is 1. The van der Waals surface area contributed by atoms with Gasteiger partial charge in [-0.05, 0) is 12.1 Å². The molecule has 0 aliphatic carbocycles. The van der Waals surface area contributed by atoms with Crippen molar-refractivity contribution in [2.45, 2.75) is 0 Å². The molecule has 0 aliphatic rings. The topological polar surface area (TPSA) is 81.5 Å². The maximum absolute atomic E-state index is 13.9. The minimum Gasteiger partial charge on any atom is -0.491 e. The molecular formula is C14H7ClF4N2O4. The van der Waals surface area contributed by atoms with E-state index in [0.29, 0.717) is 0 Å². The lowest BCUT2D eigenvalue weighted by atomic mass is 10.1. The van der Waals surface area contributed by atoms with E-state index in [1.165, 1.54) is 0 Å². The first-order valence-electron chi connectivity index (χ1n) is 6.34. The number of hydrogen-bond acceptors (Lipinski definition) is 4. The Hall–Kier alpha value is -2.88. The van der Waals surface area contributed by atoms with E-state index in [9.17, 15) is 32.5 Å². The van der Waals surface area contributed by atoms with Crippen molar-refractivity contribution in [1.29, 1.82) is 0 Å². The molecule has 1 amide bonds. The summed E-state index contributed by atoms with van der Waals surface area (Å²) in [5, 5.41) is 12.4. The summed E-state index contributed by atoms with van der Waals surface area (Å²) in [6, 6.07) is 2.96. The van der Waals surface area contributed by atoms with Gasteiger partial charge in [0.1, 0.15) is 10.6 Å². The molecule has 0 atom stereocenters. The number of nitrogens with zero attached hydrogens (tertiary/aromatic N) is 1. The molecule has 2 rings (SSSR count). The number of methoxy groups -OCH3 is 1. The van der Waals surface area contributed by atoms with Crippen LogP contribution >= 0.6 is 11.6 Å². The lowest BCUT2D eigenvalue weighted by Crippen LogP contribution is -2.19. The Morgan fingerprint density at radius 2 is 1.72 bits per heavy atom. The predicted molar refractivity (Wildman–Crippen MR) is 78.9 cm³/mol. The number of rotatable bonds is 4. The molecule has 0 aromatic heterocycles. The van der Waals surface area contributed by atoms with E-state index in [4.69, 9.17) is 11.6 Å². The third-order valence-corrected chi connectivity index (χ3v) is 3.37. The fourth-order valence-corrected chi connectivity index (χ4v) is 2.10. The van der Waals surface area contributed by atoms with Crippen LogP contribution in [0.5, 0.6) is 5.75 Å². The van der Waals surface area contributed by atoms with Crippen LogP contribution < -0.4 is 10.1 Å². The summed E-state index contributed by atoms with van der Waals surface area (Å²) in [5.41, 5.74) is -2.41. The lowest BCUT2D eigenvalue weighted by Gasteiger charge is -2.11. The van der Waals surface area contributed by atoms with Crippen molar-refractivity contribution in [2.75, 3.05) is 12.4 Å². The third kappa shape index (κ3) is 3.33. The molecule has 0 bridgehead atoms. The van der Waals surface area contributed by atoms with Gasteiger partial charge in [0.05, 0.1) is 12.0 Å². The Balaban J connectivity index is 2.46. The van der Waals surface area contributed by atoms with Gasteiger partial charge in [0, 0.05) is 11.8 Å². The first-order chi connectivity index (χ1) is 11.7. The fraction of sp³-hybridized carbons (Fsp3) is 0.0714. The van der Waals surface area contributed by atoms with Crippen molar-refractivity contribution in [1.82, 2.24) is 0 Å². The molecule has 132 valence electrons. The van der Waals surface area contributed by atoms with E-state index in [1.807, 2.05) is 5.32 Å². The molecule has 0 fully saturated rings. The first kappa shape index (κ1) is 18.5. The molecule has 25 heavy (non-hydrogen) atoms. The van der Waals surface area contributed by atoms with E-state index in [-0.39, 0.29) is 10.7 Å². The number of nitro benzene ring substituents is 1. The summed E-state index contributed by atoms with van der Waals surface area (Å²) in [7, 11) is 0.785. The second kappa shape index (κ2) is 6.93. The van der Waals surface area contributed by atoms with Crippen molar-refractivity contribution in [3.05, 3.63) is 62.2 Å². The van der Waals surface area contributed by atoms with Crippen LogP contribution in [0.4, 0.5) is 28.9 Å². The molecule has 0 radical (unpaired) electrons. The summed E-state index contributed by atoms with van der Waals surface area (Å²) >= 11 is 5.58. The number of ether oxygens (including phenoxy) is 1. The highest BCUT2D eigenvalue weighted by atomic mass is 35.5. The van der Waals surface area contributed by atoms with Gasteiger partial charge in [-0.25, -0.2) is 8.78 Å². The normalized spacial score (nSPS) is 10.5. The van der Waals surface area contributed by atoms with E-state index < -0.39 is 51.1 Å². The van der Waals surface area contributed by atoms with Crippen molar-refractivity contribution in [3.63, 3.8) is 0 Å². The monoisotopic (exact) mass is 378 g/mol. The highest BCUT2D eigenvalue weighted by Crippen LogP contribution is 2.31. The molecule has 2 aromatic rings. The Morgan fingerprint density at radius 1 is 1.16 bits per heavy atom. The number of nitrogens with one attached hydrogen (secondary N) is 1. The van der Waals surface area contributed by atoms with E-state index in [0.717, 1.165) is 25.3 Å². The van der Waals surface area contributed by atoms with Gasteiger partial charge in [0.2, 0.25) is 11.6 Å². The van der Waals surface area contributed by atoms with Crippen LogP contribution in [0.1, 0.15) is 10.4 Å². The van der Waals surface area contributed by atoms with Crippen LogP contribution in [0.15, 0.2) is 18.2 Å². The zero-order chi connectivity index (χ0) is 18.9. The molecule has 0 saturated heterocycles. The maximum atomic E-state index is 13.9. The van der Waals surface area contributed by atoms with Crippen LogP contribution in [0.3, 0.4) is 0 Å². The molecule has 0 aliphatic heterocycles. The summed E-state index contributed by atoms with van der Waals surface area (Å²) in [4.78, 5) is 21.9. The van der Waals surface area contributed by atoms with Gasteiger partial charge in [-0.1, -0.05) is 11.6 Å². The van der Waals surface area contributed by atoms with E-state index >= 15 is 0 Å². The number of anilines is 1. The Labute approximate surface area is 142 Å². The molecule has 0 saturated carbocycles. The molecule has 0 heterocycles. The average Bonchev–Trinajstić information content (AvgIpc) is 2.55. The van der Waals surface area contributed by atoms with Crippen molar-refractivity contribution in [3.8, 4) is 5.75 Å². The summed E-state index contributed by atoms with van der Waals surface area (Å²) in [5.74, 6) is -10.6. The number of nitro groups is 1. The Morgan fingerprint density at radius 3 is 2.20 bits per heavy atom. The highest BCUT2D eigenvalue weighted by molar-refractivity contribution is 6.32. The summed E-state index contributed by atoms with van der Waals surface area (Å²) in [6.07, 6.45) is 0. The van der Waals surface area contributed by atoms with Gasteiger partial charge in [-0.3, -0.25) is 14.9 Å². The minimum absolute atomic E-state index is 0.248. The van der Waals surface area contributed by atoms with Gasteiger partial charge < -0.3 is 10.1 Å². The molecule has 1 N–H and O–H groups in total. The minimum atomic E-state index is -1.98. The summed E-state index contributed by atoms with van der Waals surface area (Å²) < 4.78 is 59.2. The van der Waals surface area contributed by atoms with Gasteiger partial charge in [-0.15, -0.1) is 0 Å². The molecule has 2 aromatic carbocycles. The molecule has 0 unspecified atom stereocenters. The smallest absolute Gasteiger partial charge is 0.289 e. The number of carbonyl (C=O) groups is 1. The highest BCUT2D eigenvalue weighted by Gasteiger charge is 2.30. The fourth-order valence-electron chi connectivity index (χ4n) is 1.91. The predicted octanol–water partition coefficient (Wildman–Crippen LogP) is 4.07. The molecular weight excluding hydrogens is 372 g/mol. The van der Waals surface area contributed by atoms with Gasteiger partial charge in [0.25, 0.3) is 11.6 Å². The van der Waals surface area contributed by atoms with Gasteiger partial charge in [0.15, 0.2) is 17.4 Å². The standard InChI is InChI=1S/C14H7ClF4N2O4/c1-25-13-11(18)9(16)8(10(17)12(13)19)14(22)20-5-2-3-6(15)7(4-5)21(23)24/h2-4H,1H3,(H,20,22). The molecule has 11 heteroatoms. The SMILES string of the molecule is COc1c(F)c(F)c(C(=O)Nc2ccc(Cl)c([N+](=O)[O-])c2)c(F)c1F. The number of carbonyl (C=O) groups excluding carboxylic acids is 1. The van der Waals surface area contributed by atoms with Crippen LogP contribution in [0.2, 0.25) is 5.02 Å². The number of halogens is 5. The summed E-state index contributed by atoms with van der Waals surface area (Å²) in [6.45, 7) is 0. The maximum Gasteiger partial charge on any atom is 0.289 e. The third-order valence-electron chi connectivity index (χ3n) is 3.05. The van der Waals surface area contributed by atoms with Crippen molar-refractivity contribution in [2.24, 2.45) is 0 Å². The zero-order valence-corrected chi connectivity index (χ0v) is 13.0. The zero-order valence-electron chi connectivity index (χ0n) is 12.2. The van der Waals surface area contributed by atoms with Crippen LogP contribution in [-0.2, 0) is 0 Å². The molecule has 0 spiro atoms. The van der Waals surface area contributed by atoms with Gasteiger partial charge in [-0.2, -0.15) is 8.78 Å². The van der Waals surface area contributed by atoms with Crippen LogP contribution in [0.25, 0.3) is 0 Å². The van der Waals surface area contributed by atoms with Crippen molar-refractivity contribution < 1.29 is 32.0 Å².